The molecule has 1 saturated heterocycles. The number of hydrogen-bond acceptors (Lipinski definition) is 7. The molecule has 0 atom stereocenters. The third-order valence-corrected chi connectivity index (χ3v) is 6.54. The van der Waals surface area contributed by atoms with Crippen molar-refractivity contribution in [1.29, 1.82) is 0 Å². The van der Waals surface area contributed by atoms with Crippen LogP contribution in [0.5, 0.6) is 0 Å². The summed E-state index contributed by atoms with van der Waals surface area (Å²) in [6.45, 7) is 2.68. The second-order valence-electron chi connectivity index (χ2n) is 9.07. The molecule has 2 aromatic heterocycles. The van der Waals surface area contributed by atoms with E-state index >= 15 is 0 Å². The van der Waals surface area contributed by atoms with Gasteiger partial charge in [-0.25, -0.2) is 0 Å². The quantitative estimate of drug-likeness (QED) is 0.433. The third kappa shape index (κ3) is 4.59. The molecule has 0 unspecified atom stereocenters. The number of hydrogen-bond donors (Lipinski definition) is 1. The molecule has 6 rings (SSSR count). The van der Waals surface area contributed by atoms with Crippen molar-refractivity contribution in [1.82, 2.24) is 15.0 Å². The molecule has 4 aromatic rings. The highest BCUT2D eigenvalue weighted by Crippen LogP contribution is 2.39. The molecule has 0 spiro atoms. The average molecular weight is 484 g/mol. The number of rotatable bonds is 6. The highest BCUT2D eigenvalue weighted by molar-refractivity contribution is 6.03. The van der Waals surface area contributed by atoms with Crippen LogP contribution in [0, 0.1) is 0 Å². The maximum absolute atomic E-state index is 13.1. The minimum atomic E-state index is -0.355. The molecule has 36 heavy (non-hydrogen) atoms. The molecule has 1 saturated carbocycles. The van der Waals surface area contributed by atoms with Crippen LogP contribution in [0.1, 0.15) is 45.6 Å². The Balaban J connectivity index is 1.06. The smallest absolute Gasteiger partial charge is 0.291 e. The first-order chi connectivity index (χ1) is 17.6. The van der Waals surface area contributed by atoms with Crippen LogP contribution in [-0.2, 0) is 0 Å². The number of amides is 2. The second kappa shape index (κ2) is 9.33. The number of nitrogens with one attached hydrogen (secondary N) is 1. The van der Waals surface area contributed by atoms with Gasteiger partial charge in [-0.15, -0.1) is 0 Å². The summed E-state index contributed by atoms with van der Waals surface area (Å²) in [4.78, 5) is 34.0. The van der Waals surface area contributed by atoms with Crippen LogP contribution in [0.15, 0.2) is 75.9 Å². The molecule has 2 fully saturated rings. The van der Waals surface area contributed by atoms with E-state index in [-0.39, 0.29) is 17.6 Å². The Morgan fingerprint density at radius 1 is 0.944 bits per heavy atom. The van der Waals surface area contributed by atoms with Crippen molar-refractivity contribution in [2.75, 3.05) is 36.4 Å². The molecule has 2 aliphatic rings. The molecule has 0 radical (unpaired) electrons. The summed E-state index contributed by atoms with van der Waals surface area (Å²) in [5, 5.41) is 6.88. The first kappa shape index (κ1) is 22.1. The van der Waals surface area contributed by atoms with Gasteiger partial charge in [-0.1, -0.05) is 11.2 Å². The molecule has 0 bridgehead atoms. The summed E-state index contributed by atoms with van der Waals surface area (Å²) in [7, 11) is 0. The number of piperazine rings is 1. The van der Waals surface area contributed by atoms with E-state index in [4.69, 9.17) is 8.94 Å². The van der Waals surface area contributed by atoms with Crippen molar-refractivity contribution in [3.63, 3.8) is 0 Å². The summed E-state index contributed by atoms with van der Waals surface area (Å²) in [6.07, 6.45) is 3.70. The Labute approximate surface area is 207 Å². The van der Waals surface area contributed by atoms with Crippen LogP contribution in [0.2, 0.25) is 0 Å². The highest BCUT2D eigenvalue weighted by Gasteiger charge is 2.30. The summed E-state index contributed by atoms with van der Waals surface area (Å²) in [6, 6.07) is 18.4. The number of carbonyl (C=O) groups is 2. The van der Waals surface area contributed by atoms with E-state index in [0.29, 0.717) is 36.1 Å². The lowest BCUT2D eigenvalue weighted by atomic mass is 10.1. The van der Waals surface area contributed by atoms with Crippen molar-refractivity contribution in [2.24, 2.45) is 0 Å². The van der Waals surface area contributed by atoms with Crippen molar-refractivity contribution < 1.29 is 18.5 Å². The van der Waals surface area contributed by atoms with Crippen molar-refractivity contribution in [3.8, 4) is 11.4 Å². The average Bonchev–Trinajstić information content (AvgIpc) is 3.40. The summed E-state index contributed by atoms with van der Waals surface area (Å²) < 4.78 is 10.5. The number of benzene rings is 2. The first-order valence-electron chi connectivity index (χ1n) is 12.1. The zero-order valence-electron chi connectivity index (χ0n) is 19.6. The van der Waals surface area contributed by atoms with Crippen LogP contribution in [-0.4, -0.2) is 53.0 Å². The minimum Gasteiger partial charge on any atom is -0.459 e. The van der Waals surface area contributed by atoms with Crippen molar-refractivity contribution in [3.05, 3.63) is 84.1 Å². The Morgan fingerprint density at radius 2 is 1.75 bits per heavy atom. The maximum Gasteiger partial charge on any atom is 0.291 e. The standard InChI is InChI=1S/C27H25N5O4/c33-25(23-5-2-16-35-23)28-21-4-1-3-20(17-21)27(34)32-14-12-31(13-15-32)22-10-8-18(9-11-22)24-29-26(36-30-24)19-6-7-19/h1-5,8-11,16-17,19H,6-7,12-15H2,(H,28,33). The monoisotopic (exact) mass is 483 g/mol. The van der Waals surface area contributed by atoms with E-state index < -0.39 is 0 Å². The fraction of sp³-hybridized carbons (Fsp3) is 0.259. The van der Waals surface area contributed by atoms with Crippen LogP contribution >= 0.6 is 0 Å². The fourth-order valence-electron chi connectivity index (χ4n) is 4.35. The van der Waals surface area contributed by atoms with Gasteiger partial charge in [-0.05, 0) is 67.4 Å². The van der Waals surface area contributed by atoms with Crippen LogP contribution < -0.4 is 10.2 Å². The van der Waals surface area contributed by atoms with Gasteiger partial charge in [0.25, 0.3) is 11.8 Å². The Hall–Kier alpha value is -4.40. The van der Waals surface area contributed by atoms with Gasteiger partial charge in [0, 0.05) is 54.6 Å². The summed E-state index contributed by atoms with van der Waals surface area (Å²) in [5.41, 5.74) is 3.11. The predicted octanol–water partition coefficient (Wildman–Crippen LogP) is 4.42. The SMILES string of the molecule is O=C(Nc1cccc(C(=O)N2CCN(c3ccc(-c4noc(C5CC5)n4)cc3)CC2)c1)c1ccco1. The molecule has 2 amide bonds. The molecule has 1 aliphatic carbocycles. The van der Waals surface area contributed by atoms with Gasteiger partial charge in [-0.2, -0.15) is 4.98 Å². The Morgan fingerprint density at radius 3 is 2.47 bits per heavy atom. The van der Waals surface area contributed by atoms with E-state index in [2.05, 4.69) is 32.5 Å². The molecule has 2 aromatic carbocycles. The zero-order chi connectivity index (χ0) is 24.5. The third-order valence-electron chi connectivity index (χ3n) is 6.54. The lowest BCUT2D eigenvalue weighted by Gasteiger charge is -2.36. The van der Waals surface area contributed by atoms with E-state index in [0.717, 1.165) is 43.1 Å². The first-order valence-corrected chi connectivity index (χ1v) is 12.1. The van der Waals surface area contributed by atoms with E-state index in [1.807, 2.05) is 17.0 Å². The van der Waals surface area contributed by atoms with Crippen LogP contribution in [0.25, 0.3) is 11.4 Å². The molecule has 1 N–H and O–H groups in total. The van der Waals surface area contributed by atoms with Gasteiger partial charge < -0.3 is 24.1 Å². The van der Waals surface area contributed by atoms with Gasteiger partial charge in [-0.3, -0.25) is 9.59 Å². The normalized spacial score (nSPS) is 15.7. The number of nitrogens with zero attached hydrogens (tertiary/aromatic N) is 4. The molecule has 9 heteroatoms. The van der Waals surface area contributed by atoms with Crippen LogP contribution in [0.4, 0.5) is 11.4 Å². The number of furan rings is 1. The van der Waals surface area contributed by atoms with Gasteiger partial charge in [0.15, 0.2) is 5.76 Å². The molecule has 182 valence electrons. The van der Waals surface area contributed by atoms with E-state index in [9.17, 15) is 9.59 Å². The lowest BCUT2D eigenvalue weighted by Crippen LogP contribution is -2.48. The molecule has 1 aliphatic heterocycles. The lowest BCUT2D eigenvalue weighted by molar-refractivity contribution is 0.0746. The Bertz CT molecular complexity index is 1370. The minimum absolute atomic E-state index is 0.0531. The topological polar surface area (TPSA) is 105 Å². The zero-order valence-corrected chi connectivity index (χ0v) is 19.6. The fourth-order valence-corrected chi connectivity index (χ4v) is 4.35. The van der Waals surface area contributed by atoms with E-state index in [1.54, 1.807) is 36.4 Å². The molecule has 9 nitrogen and oxygen atoms in total. The summed E-state index contributed by atoms with van der Waals surface area (Å²) in [5.74, 6) is 1.61. The largest absolute Gasteiger partial charge is 0.459 e. The number of carbonyl (C=O) groups excluding carboxylic acids is 2. The molecular formula is C27H25N5O4. The van der Waals surface area contributed by atoms with Gasteiger partial charge in [0.05, 0.1) is 6.26 Å². The molecular weight excluding hydrogens is 458 g/mol. The summed E-state index contributed by atoms with van der Waals surface area (Å²) >= 11 is 0. The van der Waals surface area contributed by atoms with Crippen molar-refractivity contribution >= 4 is 23.2 Å². The molecule has 3 heterocycles. The van der Waals surface area contributed by atoms with Gasteiger partial charge in [0.1, 0.15) is 0 Å². The van der Waals surface area contributed by atoms with E-state index in [1.165, 1.54) is 6.26 Å². The predicted molar refractivity (Wildman–Crippen MR) is 133 cm³/mol. The van der Waals surface area contributed by atoms with Gasteiger partial charge >= 0.3 is 0 Å². The van der Waals surface area contributed by atoms with Crippen molar-refractivity contribution in [2.45, 2.75) is 18.8 Å². The Kier molecular flexibility index (Phi) is 5.73. The maximum atomic E-state index is 13.1. The van der Waals surface area contributed by atoms with Crippen LogP contribution in [0.3, 0.4) is 0 Å². The van der Waals surface area contributed by atoms with Gasteiger partial charge in [0.2, 0.25) is 11.7 Å². The second-order valence-corrected chi connectivity index (χ2v) is 9.07. The number of aromatic nitrogens is 2. The highest BCUT2D eigenvalue weighted by atomic mass is 16.5. The number of anilines is 2.